The SMILES string of the molecule is C=Cc1ccccc1C[C@H](NC(=O)OC(C)(C)C)C(=O)N(C)OC. The van der Waals surface area contributed by atoms with Crippen LogP contribution in [0, 0.1) is 0 Å². The van der Waals surface area contributed by atoms with Crippen LogP contribution in [0.25, 0.3) is 6.08 Å². The van der Waals surface area contributed by atoms with Crippen LogP contribution in [0.2, 0.25) is 0 Å². The molecule has 0 fully saturated rings. The minimum atomic E-state index is -0.814. The molecule has 132 valence electrons. The van der Waals surface area contributed by atoms with E-state index in [2.05, 4.69) is 11.9 Å². The summed E-state index contributed by atoms with van der Waals surface area (Å²) in [6, 6.07) is 6.74. The van der Waals surface area contributed by atoms with Gasteiger partial charge in [0.25, 0.3) is 5.91 Å². The Hall–Kier alpha value is -2.34. The highest BCUT2D eigenvalue weighted by molar-refractivity contribution is 5.85. The maximum absolute atomic E-state index is 12.5. The molecule has 0 saturated heterocycles. The summed E-state index contributed by atoms with van der Waals surface area (Å²) in [5, 5.41) is 3.70. The van der Waals surface area contributed by atoms with Crippen LogP contribution < -0.4 is 5.32 Å². The highest BCUT2D eigenvalue weighted by atomic mass is 16.7. The lowest BCUT2D eigenvalue weighted by Gasteiger charge is -2.25. The van der Waals surface area contributed by atoms with E-state index in [1.54, 1.807) is 26.8 Å². The van der Waals surface area contributed by atoms with E-state index in [0.717, 1.165) is 16.2 Å². The summed E-state index contributed by atoms with van der Waals surface area (Å²) in [7, 11) is 2.88. The Labute approximate surface area is 143 Å². The summed E-state index contributed by atoms with van der Waals surface area (Å²) in [6.07, 6.45) is 1.36. The van der Waals surface area contributed by atoms with Crippen molar-refractivity contribution in [2.75, 3.05) is 14.2 Å². The molecule has 0 radical (unpaired) electrons. The molecule has 1 N–H and O–H groups in total. The zero-order valence-electron chi connectivity index (χ0n) is 15.0. The van der Waals surface area contributed by atoms with Crippen LogP contribution in [0.1, 0.15) is 31.9 Å². The third-order valence-electron chi connectivity index (χ3n) is 3.27. The van der Waals surface area contributed by atoms with Crippen molar-refractivity contribution in [3.05, 3.63) is 42.0 Å². The first-order valence-electron chi connectivity index (χ1n) is 7.69. The molecule has 0 aliphatic heterocycles. The largest absolute Gasteiger partial charge is 0.444 e. The Bertz CT molecular complexity index is 593. The maximum atomic E-state index is 12.5. The van der Waals surface area contributed by atoms with Crippen LogP contribution >= 0.6 is 0 Å². The van der Waals surface area contributed by atoms with Gasteiger partial charge in [-0.2, -0.15) is 0 Å². The zero-order chi connectivity index (χ0) is 18.3. The number of hydrogen-bond donors (Lipinski definition) is 1. The smallest absolute Gasteiger partial charge is 0.408 e. The van der Waals surface area contributed by atoms with Gasteiger partial charge in [0.05, 0.1) is 7.11 Å². The molecule has 0 unspecified atom stereocenters. The fourth-order valence-electron chi connectivity index (χ4n) is 2.10. The number of likely N-dealkylation sites (N-methyl/N-ethyl adjacent to an activating group) is 1. The molecule has 1 rings (SSSR count). The molecule has 6 nitrogen and oxygen atoms in total. The van der Waals surface area contributed by atoms with Gasteiger partial charge in [0.2, 0.25) is 0 Å². The van der Waals surface area contributed by atoms with Crippen molar-refractivity contribution in [1.29, 1.82) is 0 Å². The van der Waals surface area contributed by atoms with Crippen LogP contribution in [0.3, 0.4) is 0 Å². The second-order valence-corrected chi connectivity index (χ2v) is 6.32. The van der Waals surface area contributed by atoms with E-state index >= 15 is 0 Å². The van der Waals surface area contributed by atoms with E-state index in [-0.39, 0.29) is 5.91 Å². The molecular formula is C18H26N2O4. The molecule has 2 amide bonds. The molecule has 6 heteroatoms. The third kappa shape index (κ3) is 6.04. The Morgan fingerprint density at radius 3 is 2.50 bits per heavy atom. The van der Waals surface area contributed by atoms with Crippen molar-refractivity contribution < 1.29 is 19.2 Å². The first-order chi connectivity index (χ1) is 11.2. The second kappa shape index (κ2) is 8.49. The number of rotatable bonds is 6. The first kappa shape index (κ1) is 19.7. The summed E-state index contributed by atoms with van der Waals surface area (Å²) in [6.45, 7) is 9.06. The number of nitrogens with zero attached hydrogens (tertiary/aromatic N) is 1. The fourth-order valence-corrected chi connectivity index (χ4v) is 2.10. The summed E-state index contributed by atoms with van der Waals surface area (Å²) < 4.78 is 5.24. The van der Waals surface area contributed by atoms with Crippen LogP contribution in [0.5, 0.6) is 0 Å². The van der Waals surface area contributed by atoms with Crippen molar-refractivity contribution in [2.24, 2.45) is 0 Å². The molecule has 0 aliphatic carbocycles. The average Bonchev–Trinajstić information content (AvgIpc) is 2.51. The minimum absolute atomic E-state index is 0.300. The van der Waals surface area contributed by atoms with Gasteiger partial charge in [0, 0.05) is 13.5 Å². The molecule has 1 aromatic rings. The second-order valence-electron chi connectivity index (χ2n) is 6.32. The van der Waals surface area contributed by atoms with E-state index < -0.39 is 17.7 Å². The number of ether oxygens (including phenoxy) is 1. The fraction of sp³-hybridized carbons (Fsp3) is 0.444. The lowest BCUT2D eigenvalue weighted by Crippen LogP contribution is -2.49. The number of benzene rings is 1. The highest BCUT2D eigenvalue weighted by Crippen LogP contribution is 2.14. The maximum Gasteiger partial charge on any atom is 0.408 e. The van der Waals surface area contributed by atoms with Crippen molar-refractivity contribution in [3.63, 3.8) is 0 Å². The Kier molecular flexibility index (Phi) is 6.97. The molecule has 1 atom stereocenters. The van der Waals surface area contributed by atoms with Gasteiger partial charge in [-0.3, -0.25) is 9.63 Å². The van der Waals surface area contributed by atoms with Crippen LogP contribution in [-0.2, 0) is 20.8 Å². The molecule has 0 aliphatic rings. The molecule has 0 bridgehead atoms. The monoisotopic (exact) mass is 334 g/mol. The predicted molar refractivity (Wildman–Crippen MR) is 93.2 cm³/mol. The van der Waals surface area contributed by atoms with Gasteiger partial charge >= 0.3 is 6.09 Å². The van der Waals surface area contributed by atoms with E-state index in [0.29, 0.717) is 6.42 Å². The Morgan fingerprint density at radius 2 is 1.96 bits per heavy atom. The van der Waals surface area contributed by atoms with Gasteiger partial charge in [-0.25, -0.2) is 9.86 Å². The number of hydrogen-bond acceptors (Lipinski definition) is 4. The van der Waals surface area contributed by atoms with E-state index in [1.807, 2.05) is 24.3 Å². The molecular weight excluding hydrogens is 308 g/mol. The molecule has 0 aromatic heterocycles. The summed E-state index contributed by atoms with van der Waals surface area (Å²) >= 11 is 0. The molecule has 24 heavy (non-hydrogen) atoms. The molecule has 0 spiro atoms. The van der Waals surface area contributed by atoms with Crippen LogP contribution in [0.15, 0.2) is 30.8 Å². The molecule has 1 aromatic carbocycles. The van der Waals surface area contributed by atoms with Gasteiger partial charge in [-0.05, 0) is 31.9 Å². The minimum Gasteiger partial charge on any atom is -0.444 e. The summed E-state index contributed by atoms with van der Waals surface area (Å²) in [5.74, 6) is -0.373. The Morgan fingerprint density at radius 1 is 1.33 bits per heavy atom. The zero-order valence-corrected chi connectivity index (χ0v) is 15.0. The van der Waals surface area contributed by atoms with Crippen molar-refractivity contribution in [1.82, 2.24) is 10.4 Å². The average molecular weight is 334 g/mol. The van der Waals surface area contributed by atoms with Gasteiger partial charge in [-0.1, -0.05) is 36.9 Å². The first-order valence-corrected chi connectivity index (χ1v) is 7.69. The summed E-state index contributed by atoms with van der Waals surface area (Å²) in [5.41, 5.74) is 1.15. The van der Waals surface area contributed by atoms with Gasteiger partial charge in [0.1, 0.15) is 11.6 Å². The lowest BCUT2D eigenvalue weighted by molar-refractivity contribution is -0.171. The number of nitrogens with one attached hydrogen (secondary N) is 1. The predicted octanol–water partition coefficient (Wildman–Crippen LogP) is 2.79. The van der Waals surface area contributed by atoms with Gasteiger partial charge < -0.3 is 10.1 Å². The summed E-state index contributed by atoms with van der Waals surface area (Å²) in [4.78, 5) is 29.5. The van der Waals surface area contributed by atoms with Crippen molar-refractivity contribution >= 4 is 18.1 Å². The van der Waals surface area contributed by atoms with Gasteiger partial charge in [-0.15, -0.1) is 0 Å². The number of carbonyl (C=O) groups is 2. The topological polar surface area (TPSA) is 67.9 Å². The van der Waals surface area contributed by atoms with E-state index in [1.165, 1.54) is 14.2 Å². The molecule has 0 heterocycles. The van der Waals surface area contributed by atoms with Crippen LogP contribution in [-0.4, -0.2) is 42.9 Å². The lowest BCUT2D eigenvalue weighted by atomic mass is 9.99. The van der Waals surface area contributed by atoms with E-state index in [9.17, 15) is 9.59 Å². The van der Waals surface area contributed by atoms with Crippen molar-refractivity contribution in [2.45, 2.75) is 38.8 Å². The quantitative estimate of drug-likeness (QED) is 0.812. The number of carbonyl (C=O) groups excluding carboxylic acids is 2. The van der Waals surface area contributed by atoms with Crippen molar-refractivity contribution in [3.8, 4) is 0 Å². The Balaban J connectivity index is 2.99. The number of hydroxylamine groups is 2. The van der Waals surface area contributed by atoms with Crippen LogP contribution in [0.4, 0.5) is 4.79 Å². The number of alkyl carbamates (subject to hydrolysis) is 1. The number of amides is 2. The normalized spacial score (nSPS) is 12.2. The van der Waals surface area contributed by atoms with E-state index in [4.69, 9.17) is 9.57 Å². The third-order valence-corrected chi connectivity index (χ3v) is 3.27. The molecule has 0 saturated carbocycles. The highest BCUT2D eigenvalue weighted by Gasteiger charge is 2.27. The van der Waals surface area contributed by atoms with Gasteiger partial charge in [0.15, 0.2) is 0 Å². The standard InChI is InChI=1S/C18H26N2O4/c1-7-13-10-8-9-11-14(13)12-15(16(21)20(5)23-6)19-17(22)24-18(2,3)4/h7-11,15H,1,12H2,2-6H3,(H,19,22)/t15-/m0/s1.